The summed E-state index contributed by atoms with van der Waals surface area (Å²) in [6, 6.07) is 11.7. The number of halogens is 2. The van der Waals surface area contributed by atoms with Crippen LogP contribution in [0.4, 0.5) is 14.5 Å². The third kappa shape index (κ3) is 3.31. The summed E-state index contributed by atoms with van der Waals surface area (Å²) in [7, 11) is 0. The van der Waals surface area contributed by atoms with Crippen molar-refractivity contribution in [3.8, 4) is 0 Å². The van der Waals surface area contributed by atoms with Gasteiger partial charge in [-0.05, 0) is 36.6 Å². The number of aryl methyl sites for hydroxylation is 1. The highest BCUT2D eigenvalue weighted by molar-refractivity contribution is 5.47. The van der Waals surface area contributed by atoms with Gasteiger partial charge in [0, 0.05) is 12.1 Å². The van der Waals surface area contributed by atoms with Crippen LogP contribution in [-0.2, 0) is 6.42 Å². The highest BCUT2D eigenvalue weighted by Crippen LogP contribution is 2.22. The van der Waals surface area contributed by atoms with Crippen LogP contribution in [-0.4, -0.2) is 0 Å². The van der Waals surface area contributed by atoms with Gasteiger partial charge in [-0.15, -0.1) is 0 Å². The molecule has 0 aliphatic heterocycles. The van der Waals surface area contributed by atoms with E-state index in [2.05, 4.69) is 24.4 Å². The summed E-state index contributed by atoms with van der Waals surface area (Å²) in [5.41, 5.74) is 2.65. The van der Waals surface area contributed by atoms with Crippen LogP contribution in [0.1, 0.15) is 31.0 Å². The van der Waals surface area contributed by atoms with Crippen molar-refractivity contribution in [3.05, 3.63) is 65.2 Å². The van der Waals surface area contributed by atoms with Gasteiger partial charge in [-0.1, -0.05) is 31.2 Å². The molecule has 0 aromatic heterocycles. The minimum absolute atomic E-state index is 0.0362. The zero-order valence-electron chi connectivity index (χ0n) is 11.1. The molecule has 2 rings (SSSR count). The second-order valence-electron chi connectivity index (χ2n) is 4.59. The molecule has 2 aromatic carbocycles. The molecule has 1 N–H and O–H groups in total. The Labute approximate surface area is 112 Å². The topological polar surface area (TPSA) is 12.0 Å². The van der Waals surface area contributed by atoms with Crippen molar-refractivity contribution in [2.75, 3.05) is 5.32 Å². The van der Waals surface area contributed by atoms with Crippen molar-refractivity contribution in [3.63, 3.8) is 0 Å². The van der Waals surface area contributed by atoms with Gasteiger partial charge in [0.15, 0.2) is 0 Å². The molecule has 1 atom stereocenters. The maximum Gasteiger partial charge on any atom is 0.149 e. The zero-order valence-corrected chi connectivity index (χ0v) is 11.1. The van der Waals surface area contributed by atoms with Crippen molar-refractivity contribution in [2.24, 2.45) is 0 Å². The molecule has 3 heteroatoms. The van der Waals surface area contributed by atoms with Crippen molar-refractivity contribution in [2.45, 2.75) is 26.3 Å². The van der Waals surface area contributed by atoms with E-state index in [4.69, 9.17) is 0 Å². The normalized spacial score (nSPS) is 12.2. The molecule has 1 unspecified atom stereocenters. The predicted molar refractivity (Wildman–Crippen MR) is 74.2 cm³/mol. The van der Waals surface area contributed by atoms with E-state index in [0.717, 1.165) is 18.1 Å². The smallest absolute Gasteiger partial charge is 0.149 e. The quantitative estimate of drug-likeness (QED) is 0.841. The predicted octanol–water partition coefficient (Wildman–Crippen LogP) is 4.70. The maximum atomic E-state index is 13.5. The molecule has 0 aliphatic carbocycles. The summed E-state index contributed by atoms with van der Waals surface area (Å²) in [5, 5.41) is 3.05. The van der Waals surface area contributed by atoms with E-state index in [1.54, 1.807) is 0 Å². The Hall–Kier alpha value is -1.90. The van der Waals surface area contributed by atoms with Gasteiger partial charge >= 0.3 is 0 Å². The molecule has 0 fully saturated rings. The Morgan fingerprint density at radius 1 is 1.05 bits per heavy atom. The molecule has 0 spiro atoms. The van der Waals surface area contributed by atoms with Gasteiger partial charge in [-0.2, -0.15) is 0 Å². The van der Waals surface area contributed by atoms with Crippen LogP contribution in [0.2, 0.25) is 0 Å². The van der Waals surface area contributed by atoms with Crippen LogP contribution in [0.25, 0.3) is 0 Å². The highest BCUT2D eigenvalue weighted by atomic mass is 19.1. The molecule has 0 amide bonds. The Bertz CT molecular complexity index is 549. The average molecular weight is 261 g/mol. The molecule has 100 valence electrons. The summed E-state index contributed by atoms with van der Waals surface area (Å²) in [6.45, 7) is 4.05. The third-order valence-corrected chi connectivity index (χ3v) is 3.19. The molecular formula is C16H17F2N. The SMILES string of the molecule is CCc1ccc(C(C)Nc2ccc(F)cc2F)cc1. The van der Waals surface area contributed by atoms with Gasteiger partial charge in [0.05, 0.1) is 5.69 Å². The summed E-state index contributed by atoms with van der Waals surface area (Å²) >= 11 is 0. The van der Waals surface area contributed by atoms with Crippen molar-refractivity contribution >= 4 is 5.69 Å². The lowest BCUT2D eigenvalue weighted by Gasteiger charge is -2.16. The van der Waals surface area contributed by atoms with Crippen LogP contribution in [0, 0.1) is 11.6 Å². The van der Waals surface area contributed by atoms with Crippen LogP contribution >= 0.6 is 0 Å². The summed E-state index contributed by atoms with van der Waals surface area (Å²) in [6.07, 6.45) is 0.995. The van der Waals surface area contributed by atoms with E-state index >= 15 is 0 Å². The van der Waals surface area contributed by atoms with Crippen LogP contribution in [0.3, 0.4) is 0 Å². The second kappa shape index (κ2) is 5.83. The maximum absolute atomic E-state index is 13.5. The molecule has 19 heavy (non-hydrogen) atoms. The Balaban J connectivity index is 2.13. The number of anilines is 1. The van der Waals surface area contributed by atoms with E-state index in [0.29, 0.717) is 5.69 Å². The first-order valence-corrected chi connectivity index (χ1v) is 6.40. The minimum atomic E-state index is -0.572. The first-order valence-electron chi connectivity index (χ1n) is 6.40. The Morgan fingerprint density at radius 3 is 2.32 bits per heavy atom. The third-order valence-electron chi connectivity index (χ3n) is 3.19. The van der Waals surface area contributed by atoms with Gasteiger partial charge in [-0.25, -0.2) is 8.78 Å². The summed E-state index contributed by atoms with van der Waals surface area (Å²) < 4.78 is 26.4. The molecule has 0 saturated carbocycles. The van der Waals surface area contributed by atoms with Crippen molar-refractivity contribution < 1.29 is 8.78 Å². The van der Waals surface area contributed by atoms with Crippen molar-refractivity contribution in [1.29, 1.82) is 0 Å². The van der Waals surface area contributed by atoms with Crippen LogP contribution in [0.15, 0.2) is 42.5 Å². The standard InChI is InChI=1S/C16H17F2N/c1-3-12-4-6-13(7-5-12)11(2)19-16-9-8-14(17)10-15(16)18/h4-11,19H,3H2,1-2H3. The first kappa shape index (κ1) is 13.5. The van der Waals surface area contributed by atoms with Gasteiger partial charge in [0.1, 0.15) is 11.6 Å². The molecule has 2 aromatic rings. The summed E-state index contributed by atoms with van der Waals surface area (Å²) in [5.74, 6) is -1.14. The van der Waals surface area contributed by atoms with Gasteiger partial charge < -0.3 is 5.32 Å². The fourth-order valence-corrected chi connectivity index (χ4v) is 1.97. The number of benzene rings is 2. The molecule has 0 heterocycles. The monoisotopic (exact) mass is 261 g/mol. The molecule has 0 bridgehead atoms. The Kier molecular flexibility index (Phi) is 4.15. The fourth-order valence-electron chi connectivity index (χ4n) is 1.97. The molecule has 0 radical (unpaired) electrons. The Morgan fingerprint density at radius 2 is 1.74 bits per heavy atom. The van der Waals surface area contributed by atoms with Gasteiger partial charge in [0.25, 0.3) is 0 Å². The molecule has 1 nitrogen and oxygen atoms in total. The zero-order chi connectivity index (χ0) is 13.8. The number of hydrogen-bond donors (Lipinski definition) is 1. The van der Waals surface area contributed by atoms with Gasteiger partial charge in [-0.3, -0.25) is 0 Å². The van der Waals surface area contributed by atoms with E-state index in [-0.39, 0.29) is 6.04 Å². The average Bonchev–Trinajstić information content (AvgIpc) is 2.42. The first-order chi connectivity index (χ1) is 9.10. The van der Waals surface area contributed by atoms with Gasteiger partial charge in [0.2, 0.25) is 0 Å². The fraction of sp³-hybridized carbons (Fsp3) is 0.250. The second-order valence-corrected chi connectivity index (χ2v) is 4.59. The molecule has 0 aliphatic rings. The van der Waals surface area contributed by atoms with Crippen molar-refractivity contribution in [1.82, 2.24) is 0 Å². The van der Waals surface area contributed by atoms with Crippen LogP contribution in [0.5, 0.6) is 0 Å². The minimum Gasteiger partial charge on any atom is -0.376 e. The lowest BCUT2D eigenvalue weighted by Crippen LogP contribution is -2.08. The molecule has 0 saturated heterocycles. The highest BCUT2D eigenvalue weighted by Gasteiger charge is 2.09. The van der Waals surface area contributed by atoms with E-state index in [9.17, 15) is 8.78 Å². The van der Waals surface area contributed by atoms with Crippen LogP contribution < -0.4 is 5.32 Å². The summed E-state index contributed by atoms with van der Waals surface area (Å²) in [4.78, 5) is 0. The largest absolute Gasteiger partial charge is 0.376 e. The van der Waals surface area contributed by atoms with E-state index < -0.39 is 11.6 Å². The molecular weight excluding hydrogens is 244 g/mol. The van der Waals surface area contributed by atoms with E-state index in [1.165, 1.54) is 17.7 Å². The lowest BCUT2D eigenvalue weighted by molar-refractivity contribution is 0.584. The van der Waals surface area contributed by atoms with E-state index in [1.807, 2.05) is 19.1 Å². The lowest BCUT2D eigenvalue weighted by atomic mass is 10.0. The number of nitrogens with one attached hydrogen (secondary N) is 1. The number of hydrogen-bond acceptors (Lipinski definition) is 1. The number of rotatable bonds is 4.